The smallest absolute Gasteiger partial charge is 0.319 e. The molecule has 0 aliphatic heterocycles. The van der Waals surface area contributed by atoms with Gasteiger partial charge in [-0.3, -0.25) is 54.4 Å². The van der Waals surface area contributed by atoms with Crippen molar-refractivity contribution in [3.05, 3.63) is 295 Å². The average Bonchev–Trinajstić information content (AvgIpc) is 1.80. The Balaban J connectivity index is 0.000000294. The zero-order valence-electron chi connectivity index (χ0n) is 51.6. The van der Waals surface area contributed by atoms with Crippen molar-refractivity contribution in [2.75, 3.05) is 0 Å². The molecule has 0 aliphatic rings. The summed E-state index contributed by atoms with van der Waals surface area (Å²) in [6.45, 7) is 13.1. The average molecular weight is 2330 g/mol. The SMILES string of the molecule is Cc1c[c-]c(-c2nccn2C)c(C)c1.Cc1cnc(-c2[c-]cccc2)n1C.Cn1ccnc1-c1[c-]ccc([N+](=O)[O-])c1.[C-]#[N+]c1cc[c-]c(-c2nccn2C)c1.[Ir].[Ir].[Ir].[Ir].[Ir].[Ir].[c-]1ccccc1-c1nccn1-c1cccnc1.[c-]1ccccc1-c1nccn1-c1nnco1. The van der Waals surface area contributed by atoms with Crippen LogP contribution in [0.4, 0.5) is 11.4 Å². The van der Waals surface area contributed by atoms with E-state index in [0.717, 1.165) is 68.3 Å². The molecule has 20 nitrogen and oxygen atoms in total. The summed E-state index contributed by atoms with van der Waals surface area (Å²) >= 11 is 0. The molecule has 0 atom stereocenters. The number of nitro benzene ring substituents is 1. The van der Waals surface area contributed by atoms with Gasteiger partial charge in [-0.15, -0.1) is 189 Å². The molecule has 0 saturated heterocycles. The minimum atomic E-state index is -0.430. The number of hydrogen-bond donors (Lipinski definition) is 0. The molecule has 0 N–H and O–H groups in total. The molecule has 0 bridgehead atoms. The molecule has 6 radical (unpaired) electrons. The molecule has 0 saturated carbocycles. The van der Waals surface area contributed by atoms with E-state index in [1.54, 1.807) is 70.7 Å². The van der Waals surface area contributed by atoms with Crippen molar-refractivity contribution >= 4 is 11.4 Å². The third kappa shape index (κ3) is 22.1. The topological polar surface area (TPSA) is 206 Å². The first kappa shape index (κ1) is 80.9. The summed E-state index contributed by atoms with van der Waals surface area (Å²) in [6, 6.07) is 60.1. The second-order valence-corrected chi connectivity index (χ2v) is 19.4. The van der Waals surface area contributed by atoms with E-state index in [0.29, 0.717) is 23.1 Å². The summed E-state index contributed by atoms with van der Waals surface area (Å²) in [4.78, 5) is 43.1. The number of aromatic nitrogens is 15. The van der Waals surface area contributed by atoms with E-state index in [4.69, 9.17) is 11.0 Å². The molecule has 0 unspecified atom stereocenters. The van der Waals surface area contributed by atoms with Gasteiger partial charge in [0.1, 0.15) is 5.69 Å². The number of hydrogen-bond acceptors (Lipinski definition) is 12. The molecule has 14 aromatic rings. The largest absolute Gasteiger partial charge is 0.411 e. The van der Waals surface area contributed by atoms with Crippen LogP contribution < -0.4 is 0 Å². The van der Waals surface area contributed by atoms with Crippen LogP contribution in [0.15, 0.2) is 225 Å². The van der Waals surface area contributed by atoms with Gasteiger partial charge in [0.15, 0.2) is 5.69 Å². The third-order valence-corrected chi connectivity index (χ3v) is 13.2. The second-order valence-electron chi connectivity index (χ2n) is 19.4. The molecule has 14 rings (SSSR count). The third-order valence-electron chi connectivity index (χ3n) is 13.2. The number of nitro groups is 1. The Morgan fingerprint density at radius 3 is 1.47 bits per heavy atom. The van der Waals surface area contributed by atoms with Crippen LogP contribution in [0, 0.1) is 73.9 Å². The van der Waals surface area contributed by atoms with Crippen LogP contribution in [-0.2, 0) is 149 Å². The van der Waals surface area contributed by atoms with Gasteiger partial charge in [-0.25, -0.2) is 0 Å². The van der Waals surface area contributed by atoms with E-state index in [-0.39, 0.29) is 126 Å². The summed E-state index contributed by atoms with van der Waals surface area (Å²) in [7, 11) is 7.75. The molecule has 496 valence electrons. The van der Waals surface area contributed by atoms with E-state index in [2.05, 4.69) is 111 Å². The van der Waals surface area contributed by atoms with E-state index in [9.17, 15) is 10.1 Å². The number of imidazole rings is 6. The predicted octanol–water partition coefficient (Wildman–Crippen LogP) is 13.4. The van der Waals surface area contributed by atoms with E-state index in [1.807, 2.05) is 177 Å². The monoisotopic (exact) mass is 2330 g/mol. The summed E-state index contributed by atoms with van der Waals surface area (Å²) in [6.07, 6.45) is 24.7. The van der Waals surface area contributed by atoms with Crippen molar-refractivity contribution in [2.45, 2.75) is 20.8 Å². The summed E-state index contributed by atoms with van der Waals surface area (Å²) in [5, 5.41) is 18.0. The van der Waals surface area contributed by atoms with E-state index >= 15 is 0 Å². The van der Waals surface area contributed by atoms with Gasteiger partial charge in [0.25, 0.3) is 0 Å². The zero-order chi connectivity index (χ0) is 62.5. The molecule has 95 heavy (non-hydrogen) atoms. The quantitative estimate of drug-likeness (QED) is 0.0752. The van der Waals surface area contributed by atoms with Crippen LogP contribution in [-0.4, -0.2) is 77.4 Å². The Kier molecular flexibility index (Phi) is 34.7. The number of non-ortho nitro benzene ring substituents is 1. The van der Waals surface area contributed by atoms with Gasteiger partial charge in [0.05, 0.1) is 53.4 Å². The fourth-order valence-electron chi connectivity index (χ4n) is 8.68. The van der Waals surface area contributed by atoms with Gasteiger partial charge in [-0.05, 0) is 19.1 Å². The number of nitrogens with zero attached hydrogens (tertiary/aromatic N) is 17. The predicted molar refractivity (Wildman–Crippen MR) is 338 cm³/mol. The Morgan fingerprint density at radius 1 is 0.505 bits per heavy atom. The Morgan fingerprint density at radius 2 is 1.01 bits per heavy atom. The zero-order valence-corrected chi connectivity index (χ0v) is 66.0. The molecule has 0 fully saturated rings. The van der Waals surface area contributed by atoms with Crippen LogP contribution >= 0.6 is 0 Å². The summed E-state index contributed by atoms with van der Waals surface area (Å²) < 4.78 is 16.6. The van der Waals surface area contributed by atoms with E-state index in [1.165, 1.54) is 35.7 Å². The van der Waals surface area contributed by atoms with Crippen LogP contribution in [0.1, 0.15) is 16.8 Å². The first-order valence-corrected chi connectivity index (χ1v) is 27.5. The Bertz CT molecular complexity index is 4500. The van der Waals surface area contributed by atoms with Crippen molar-refractivity contribution < 1.29 is 130 Å². The van der Waals surface area contributed by atoms with Crippen LogP contribution in [0.2, 0.25) is 0 Å². The first-order valence-electron chi connectivity index (χ1n) is 27.5. The molecule has 8 heterocycles. The van der Waals surface area contributed by atoms with Gasteiger partial charge in [0.2, 0.25) is 6.39 Å². The van der Waals surface area contributed by atoms with Crippen molar-refractivity contribution in [2.24, 2.45) is 28.2 Å². The molecular formula is C69H57Ir6N17O3-6. The van der Waals surface area contributed by atoms with Crippen molar-refractivity contribution in [3.63, 3.8) is 0 Å². The summed E-state index contributed by atoms with van der Waals surface area (Å²) in [5.41, 5.74) is 10.7. The molecule has 8 aromatic heterocycles. The van der Waals surface area contributed by atoms with Crippen LogP contribution in [0.25, 0.3) is 84.9 Å². The minimum absolute atomic E-state index is 0. The van der Waals surface area contributed by atoms with Gasteiger partial charge in [-0.2, -0.15) is 6.07 Å². The summed E-state index contributed by atoms with van der Waals surface area (Å²) in [5.74, 6) is 5.04. The standard InChI is InChI=1S/C14H10N3.C12H13N2.C11H7N4O.C11H8N3.C11H11N2.C10H8N3O2.6Ir/c1-2-5-12(6-3-1)14-16-9-10-17(14)13-7-4-8-15-11-13;1-9-4-5-11(10(2)8-9)12-13-6-7-14(12)3;1-2-4-9(5-3-1)10-12-6-7-15(10)11-14-13-8-16-11;1-12-10-5-3-4-9(8-10)11-13-6-7-14(11)2;1-9-8-12-11(13(9)2)10-6-4-3-5-7-10;1-12-6-5-11-10(12)8-3-2-4-9(7-8)13(14)15;;;;;;/h1-5,7-11H;4,6-8H,1-3H3;1-4,6-8H;3,5-8H,2H3;3-6,8H,1-2H3;2,4-7H,1H3;;;;;;/q6*-1;;;;;;. The van der Waals surface area contributed by atoms with Crippen molar-refractivity contribution in [1.29, 1.82) is 0 Å². The number of rotatable bonds is 9. The molecule has 6 aromatic carbocycles. The Labute approximate surface area is 632 Å². The number of benzene rings is 6. The fraction of sp³-hybridized carbons (Fsp3) is 0.101. The number of aryl methyl sites for hydroxylation is 6. The first-order chi connectivity index (χ1) is 43.4. The number of pyridine rings is 1. The molecule has 26 heteroatoms. The molecule has 0 spiro atoms. The molecule has 0 aliphatic carbocycles. The van der Waals surface area contributed by atoms with Crippen molar-refractivity contribution in [3.8, 4) is 80.0 Å². The van der Waals surface area contributed by atoms with Gasteiger partial charge in [-0.1, -0.05) is 31.1 Å². The van der Waals surface area contributed by atoms with Crippen LogP contribution in [0.5, 0.6) is 0 Å². The molecular weight excluding hydrogens is 2270 g/mol. The van der Waals surface area contributed by atoms with Crippen molar-refractivity contribution in [1.82, 2.24) is 72.5 Å². The molecule has 0 amide bonds. The normalized spacial score (nSPS) is 9.62. The van der Waals surface area contributed by atoms with Gasteiger partial charge in [0, 0.05) is 234 Å². The van der Waals surface area contributed by atoms with Gasteiger partial charge < -0.3 is 27.3 Å². The maximum atomic E-state index is 10.6. The maximum Gasteiger partial charge on any atom is 0.319 e. The minimum Gasteiger partial charge on any atom is -0.411 e. The van der Waals surface area contributed by atoms with Crippen LogP contribution in [0.3, 0.4) is 0 Å². The fourth-order valence-corrected chi connectivity index (χ4v) is 8.68. The maximum absolute atomic E-state index is 10.6. The van der Waals surface area contributed by atoms with E-state index < -0.39 is 4.92 Å². The second kappa shape index (κ2) is 40.8. The Hall–Kier alpha value is -8.34. The van der Waals surface area contributed by atoms with Gasteiger partial charge >= 0.3 is 6.01 Å².